The van der Waals surface area contributed by atoms with Crippen molar-refractivity contribution in [3.05, 3.63) is 76.4 Å². The fraction of sp³-hybridized carbons (Fsp3) is 0.238. The van der Waals surface area contributed by atoms with E-state index in [2.05, 4.69) is 17.1 Å². The van der Waals surface area contributed by atoms with Gasteiger partial charge in [-0.25, -0.2) is 0 Å². The quantitative estimate of drug-likeness (QED) is 0.685. The van der Waals surface area contributed by atoms with Crippen molar-refractivity contribution in [2.24, 2.45) is 0 Å². The summed E-state index contributed by atoms with van der Waals surface area (Å²) in [6.45, 7) is 2.82. The molecule has 1 unspecified atom stereocenters. The van der Waals surface area contributed by atoms with E-state index >= 15 is 0 Å². The van der Waals surface area contributed by atoms with Gasteiger partial charge in [-0.05, 0) is 18.1 Å². The molecular formula is C21H20ClN3O. The highest BCUT2D eigenvalue weighted by Gasteiger charge is 2.42. The second kappa shape index (κ2) is 6.96. The molecule has 1 atom stereocenters. The van der Waals surface area contributed by atoms with Crippen molar-refractivity contribution in [2.45, 2.75) is 25.8 Å². The number of rotatable bonds is 5. The molecule has 1 N–H and O–H groups in total. The maximum absolute atomic E-state index is 13.1. The van der Waals surface area contributed by atoms with E-state index in [0.717, 1.165) is 35.2 Å². The lowest BCUT2D eigenvalue weighted by Crippen LogP contribution is -2.30. The Kier molecular flexibility index (Phi) is 4.51. The van der Waals surface area contributed by atoms with Gasteiger partial charge in [-0.3, -0.25) is 9.89 Å². The molecule has 4 nitrogen and oxygen atoms in total. The molecule has 0 bridgehead atoms. The smallest absolute Gasteiger partial charge is 0.273 e. The Balaban J connectivity index is 1.89. The zero-order valence-electron chi connectivity index (χ0n) is 14.6. The Bertz CT molecular complexity index is 935. The van der Waals surface area contributed by atoms with Crippen LogP contribution in [0.5, 0.6) is 0 Å². The topological polar surface area (TPSA) is 49.0 Å². The van der Waals surface area contributed by atoms with E-state index in [1.807, 2.05) is 59.5 Å². The zero-order valence-corrected chi connectivity index (χ0v) is 15.3. The molecule has 1 aromatic heterocycles. The minimum atomic E-state index is -0.216. The maximum atomic E-state index is 13.1. The highest BCUT2D eigenvalue weighted by molar-refractivity contribution is 6.31. The molecule has 1 aliphatic rings. The second-order valence-electron chi connectivity index (χ2n) is 6.50. The van der Waals surface area contributed by atoms with Crippen molar-refractivity contribution in [1.82, 2.24) is 15.1 Å². The highest BCUT2D eigenvalue weighted by Crippen LogP contribution is 2.44. The van der Waals surface area contributed by atoms with Crippen molar-refractivity contribution in [3.8, 4) is 11.3 Å². The summed E-state index contributed by atoms with van der Waals surface area (Å²) in [6, 6.07) is 17.5. The second-order valence-corrected chi connectivity index (χ2v) is 6.91. The van der Waals surface area contributed by atoms with E-state index in [4.69, 9.17) is 11.6 Å². The SMILES string of the molecule is CCCCN1C(=O)c2[nH]nc(-c3ccccc3)c2C1c1ccccc1Cl. The van der Waals surface area contributed by atoms with Gasteiger partial charge in [0.2, 0.25) is 0 Å². The van der Waals surface area contributed by atoms with Gasteiger partial charge in [-0.15, -0.1) is 0 Å². The molecule has 0 radical (unpaired) electrons. The molecule has 4 rings (SSSR count). The lowest BCUT2D eigenvalue weighted by atomic mass is 9.96. The van der Waals surface area contributed by atoms with Gasteiger partial charge >= 0.3 is 0 Å². The highest BCUT2D eigenvalue weighted by atomic mass is 35.5. The number of hydrogen-bond donors (Lipinski definition) is 1. The van der Waals surface area contributed by atoms with Crippen LogP contribution in [-0.2, 0) is 0 Å². The number of aromatic amines is 1. The van der Waals surface area contributed by atoms with Gasteiger partial charge in [0.15, 0.2) is 0 Å². The van der Waals surface area contributed by atoms with Gasteiger partial charge < -0.3 is 4.90 Å². The number of nitrogens with one attached hydrogen (secondary N) is 1. The third-order valence-electron chi connectivity index (χ3n) is 4.86. The summed E-state index contributed by atoms with van der Waals surface area (Å²) in [5, 5.41) is 8.11. The normalized spacial score (nSPS) is 16.2. The molecule has 1 aliphatic heterocycles. The Hall–Kier alpha value is -2.59. The average molecular weight is 366 g/mol. The van der Waals surface area contributed by atoms with E-state index in [0.29, 0.717) is 17.3 Å². The van der Waals surface area contributed by atoms with Crippen LogP contribution in [0.15, 0.2) is 54.6 Å². The minimum Gasteiger partial charge on any atom is -0.326 e. The van der Waals surface area contributed by atoms with Crippen LogP contribution in [0.1, 0.15) is 47.4 Å². The molecule has 132 valence electrons. The number of nitrogens with zero attached hydrogens (tertiary/aromatic N) is 2. The Morgan fingerprint density at radius 1 is 1.12 bits per heavy atom. The van der Waals surface area contributed by atoms with E-state index in [1.54, 1.807) is 0 Å². The predicted molar refractivity (Wildman–Crippen MR) is 103 cm³/mol. The van der Waals surface area contributed by atoms with Crippen LogP contribution in [0.25, 0.3) is 11.3 Å². The van der Waals surface area contributed by atoms with Crippen molar-refractivity contribution >= 4 is 17.5 Å². The van der Waals surface area contributed by atoms with Crippen LogP contribution < -0.4 is 0 Å². The number of halogens is 1. The number of H-pyrrole nitrogens is 1. The standard InChI is InChI=1S/C21H20ClN3O/c1-2-3-13-25-20(15-11-7-8-12-16(15)22)17-18(14-9-5-4-6-10-14)23-24-19(17)21(25)26/h4-12,20H,2-3,13H2,1H3,(H,23,24). The summed E-state index contributed by atoms with van der Waals surface area (Å²) in [7, 11) is 0. The number of aromatic nitrogens is 2. The van der Waals surface area contributed by atoms with E-state index in [-0.39, 0.29) is 11.9 Å². The van der Waals surface area contributed by atoms with Crippen LogP contribution in [0.3, 0.4) is 0 Å². The maximum Gasteiger partial charge on any atom is 0.273 e. The molecule has 2 heterocycles. The summed E-state index contributed by atoms with van der Waals surface area (Å²) in [6.07, 6.45) is 1.97. The lowest BCUT2D eigenvalue weighted by molar-refractivity contribution is 0.0741. The molecule has 26 heavy (non-hydrogen) atoms. The molecule has 0 fully saturated rings. The number of hydrogen-bond acceptors (Lipinski definition) is 2. The van der Waals surface area contributed by atoms with Crippen LogP contribution in [0.2, 0.25) is 5.02 Å². The third kappa shape index (κ3) is 2.71. The predicted octanol–water partition coefficient (Wildman–Crippen LogP) is 5.08. The largest absolute Gasteiger partial charge is 0.326 e. The number of fused-ring (bicyclic) bond motifs is 1. The molecule has 5 heteroatoms. The number of carbonyl (C=O) groups is 1. The Morgan fingerprint density at radius 3 is 2.58 bits per heavy atom. The van der Waals surface area contributed by atoms with Crippen LogP contribution in [0.4, 0.5) is 0 Å². The van der Waals surface area contributed by atoms with Crippen molar-refractivity contribution in [2.75, 3.05) is 6.54 Å². The number of carbonyl (C=O) groups excluding carboxylic acids is 1. The monoisotopic (exact) mass is 365 g/mol. The van der Waals surface area contributed by atoms with E-state index in [1.165, 1.54) is 0 Å². The van der Waals surface area contributed by atoms with Crippen molar-refractivity contribution in [3.63, 3.8) is 0 Å². The molecule has 2 aromatic carbocycles. The Morgan fingerprint density at radius 2 is 1.85 bits per heavy atom. The number of unbranched alkanes of at least 4 members (excludes halogenated alkanes) is 1. The van der Waals surface area contributed by atoms with Gasteiger partial charge in [0.25, 0.3) is 5.91 Å². The van der Waals surface area contributed by atoms with Gasteiger partial charge in [-0.1, -0.05) is 73.5 Å². The number of amides is 1. The molecule has 0 saturated heterocycles. The molecule has 0 aliphatic carbocycles. The van der Waals surface area contributed by atoms with E-state index < -0.39 is 0 Å². The van der Waals surface area contributed by atoms with Gasteiger partial charge in [0.05, 0.1) is 11.7 Å². The summed E-state index contributed by atoms with van der Waals surface area (Å²) < 4.78 is 0. The summed E-state index contributed by atoms with van der Waals surface area (Å²) in [5.41, 5.74) is 4.25. The number of benzene rings is 2. The fourth-order valence-electron chi connectivity index (χ4n) is 3.59. The fourth-order valence-corrected chi connectivity index (χ4v) is 3.83. The first-order valence-corrected chi connectivity index (χ1v) is 9.29. The first-order valence-electron chi connectivity index (χ1n) is 8.91. The molecule has 0 saturated carbocycles. The Labute approximate surface area is 157 Å². The van der Waals surface area contributed by atoms with E-state index in [9.17, 15) is 4.79 Å². The van der Waals surface area contributed by atoms with Crippen molar-refractivity contribution < 1.29 is 4.79 Å². The molecule has 0 spiro atoms. The van der Waals surface area contributed by atoms with Crippen LogP contribution in [0, 0.1) is 0 Å². The first kappa shape index (κ1) is 16.9. The zero-order chi connectivity index (χ0) is 18.1. The lowest BCUT2D eigenvalue weighted by Gasteiger charge is -2.27. The van der Waals surface area contributed by atoms with Crippen LogP contribution >= 0.6 is 11.6 Å². The summed E-state index contributed by atoms with van der Waals surface area (Å²) >= 11 is 6.51. The minimum absolute atomic E-state index is 0.00643. The first-order chi connectivity index (χ1) is 12.7. The van der Waals surface area contributed by atoms with Crippen LogP contribution in [-0.4, -0.2) is 27.5 Å². The van der Waals surface area contributed by atoms with Gasteiger partial charge in [0, 0.05) is 22.7 Å². The summed E-state index contributed by atoms with van der Waals surface area (Å²) in [5.74, 6) is -0.00643. The molecular weight excluding hydrogens is 346 g/mol. The van der Waals surface area contributed by atoms with Crippen molar-refractivity contribution in [1.29, 1.82) is 0 Å². The summed E-state index contributed by atoms with van der Waals surface area (Å²) in [4.78, 5) is 15.0. The molecule has 1 amide bonds. The third-order valence-corrected chi connectivity index (χ3v) is 5.21. The molecule has 3 aromatic rings. The average Bonchev–Trinajstić information content (AvgIpc) is 3.21. The van der Waals surface area contributed by atoms with Gasteiger partial charge in [0.1, 0.15) is 5.69 Å². The van der Waals surface area contributed by atoms with Gasteiger partial charge in [-0.2, -0.15) is 5.10 Å².